The number of sulfonamides is 1. The number of aliphatic hydroxyl groups is 1. The number of methoxy groups -OCH3 is 1. The standard InChI is InChI=1S/C32H41ClN2O6S/c1-5-7-8-9-18-35-21-31(16-10-11-24-19-26(33)13-14-27(24)31)22-41-29-15-12-25(20-28(29)35)32(37,30(36)40-4)23-42(38,39)34(3)17-6-2/h5-6,12-15,19-20,37H,1-2,7-11,16-18,21-23H2,3-4H3/t31-,32+/m0/s1. The first-order valence-corrected chi connectivity index (χ1v) is 16.3. The molecule has 0 aromatic heterocycles. The molecule has 0 unspecified atom stereocenters. The van der Waals surface area contributed by atoms with Crippen LogP contribution in [0.15, 0.2) is 61.7 Å². The van der Waals surface area contributed by atoms with Crippen LogP contribution in [0.3, 0.4) is 0 Å². The number of rotatable bonds is 12. The van der Waals surface area contributed by atoms with Crippen LogP contribution in [0.4, 0.5) is 5.69 Å². The molecular weight excluding hydrogens is 576 g/mol. The van der Waals surface area contributed by atoms with E-state index in [2.05, 4.69) is 24.1 Å². The number of fused-ring (bicyclic) bond motifs is 3. The van der Waals surface area contributed by atoms with E-state index in [4.69, 9.17) is 21.1 Å². The van der Waals surface area contributed by atoms with Gasteiger partial charge in [-0.3, -0.25) is 0 Å². The number of likely N-dealkylation sites (N-methyl/N-ethyl adjacent to an activating group) is 1. The Bertz CT molecular complexity index is 1430. The van der Waals surface area contributed by atoms with Crippen molar-refractivity contribution < 1.29 is 27.8 Å². The zero-order valence-corrected chi connectivity index (χ0v) is 26.1. The SMILES string of the molecule is C=CCCCCN1C[C@@]2(CCCc3cc(Cl)ccc32)COc2ccc([C@](O)(CS(=O)(=O)N(C)CC=C)C(=O)OC)cc21. The van der Waals surface area contributed by atoms with E-state index >= 15 is 0 Å². The highest BCUT2D eigenvalue weighted by Crippen LogP contribution is 2.45. The lowest BCUT2D eigenvalue weighted by molar-refractivity contribution is -0.161. The summed E-state index contributed by atoms with van der Waals surface area (Å²) < 4.78 is 38.7. The van der Waals surface area contributed by atoms with Crippen molar-refractivity contribution in [2.24, 2.45) is 0 Å². The second kappa shape index (κ2) is 13.2. The number of carbonyl (C=O) groups is 1. The summed E-state index contributed by atoms with van der Waals surface area (Å²) in [6.45, 7) is 9.27. The third kappa shape index (κ3) is 6.54. The Hall–Kier alpha value is -2.85. The summed E-state index contributed by atoms with van der Waals surface area (Å²) in [5.74, 6) is -1.33. The lowest BCUT2D eigenvalue weighted by atomic mass is 9.70. The minimum atomic E-state index is -4.06. The van der Waals surface area contributed by atoms with Gasteiger partial charge in [-0.2, -0.15) is 0 Å². The third-order valence-electron chi connectivity index (χ3n) is 8.38. The number of unbranched alkanes of at least 4 members (excludes halogenated alkanes) is 2. The molecule has 1 aliphatic carbocycles. The van der Waals surface area contributed by atoms with Gasteiger partial charge in [0.05, 0.1) is 19.4 Å². The van der Waals surface area contributed by atoms with Crippen molar-refractivity contribution in [1.29, 1.82) is 0 Å². The van der Waals surface area contributed by atoms with Crippen LogP contribution in [0.5, 0.6) is 5.75 Å². The van der Waals surface area contributed by atoms with Gasteiger partial charge in [0.2, 0.25) is 15.6 Å². The molecule has 1 N–H and O–H groups in total. The van der Waals surface area contributed by atoms with Crippen LogP contribution >= 0.6 is 11.6 Å². The molecule has 2 atom stereocenters. The van der Waals surface area contributed by atoms with Crippen LogP contribution in [0.1, 0.15) is 48.8 Å². The van der Waals surface area contributed by atoms with E-state index in [1.165, 1.54) is 24.3 Å². The summed E-state index contributed by atoms with van der Waals surface area (Å²) in [6.07, 6.45) is 8.96. The van der Waals surface area contributed by atoms with Crippen LogP contribution in [0, 0.1) is 0 Å². The fraction of sp³-hybridized carbons (Fsp3) is 0.469. The second-order valence-corrected chi connectivity index (χ2v) is 13.8. The first kappa shape index (κ1) is 32.1. The lowest BCUT2D eigenvalue weighted by Gasteiger charge is -2.41. The molecule has 2 aliphatic rings. The van der Waals surface area contributed by atoms with Gasteiger partial charge >= 0.3 is 5.97 Å². The van der Waals surface area contributed by atoms with Crippen molar-refractivity contribution in [3.8, 4) is 5.75 Å². The molecule has 2 aromatic carbocycles. The molecule has 8 nitrogen and oxygen atoms in total. The van der Waals surface area contributed by atoms with Gasteiger partial charge in [0.1, 0.15) is 11.5 Å². The summed E-state index contributed by atoms with van der Waals surface area (Å²) in [7, 11) is -1.56. The van der Waals surface area contributed by atoms with Gasteiger partial charge in [-0.1, -0.05) is 35.9 Å². The molecule has 1 heterocycles. The Balaban J connectivity index is 1.78. The minimum absolute atomic E-state index is 0.0326. The number of benzene rings is 2. The quantitative estimate of drug-likeness (QED) is 0.204. The van der Waals surface area contributed by atoms with Gasteiger partial charge in [-0.05, 0) is 79.5 Å². The Morgan fingerprint density at radius 3 is 2.74 bits per heavy atom. The van der Waals surface area contributed by atoms with Crippen LogP contribution in [0.25, 0.3) is 0 Å². The molecule has 228 valence electrons. The number of halogens is 1. The second-order valence-electron chi connectivity index (χ2n) is 11.3. The molecule has 0 saturated heterocycles. The molecule has 1 aliphatic heterocycles. The van der Waals surface area contributed by atoms with Crippen molar-refractivity contribution in [1.82, 2.24) is 4.31 Å². The largest absolute Gasteiger partial charge is 0.490 e. The van der Waals surface area contributed by atoms with Gasteiger partial charge in [0.25, 0.3) is 0 Å². The maximum atomic E-state index is 13.1. The average Bonchev–Trinajstić information content (AvgIpc) is 3.11. The molecule has 0 fully saturated rings. The summed E-state index contributed by atoms with van der Waals surface area (Å²) >= 11 is 6.35. The molecule has 0 radical (unpaired) electrons. The molecule has 2 aromatic rings. The Kier molecular flexibility index (Phi) is 10.1. The molecule has 0 saturated carbocycles. The summed E-state index contributed by atoms with van der Waals surface area (Å²) in [5, 5.41) is 12.4. The maximum absolute atomic E-state index is 13.1. The number of carbonyl (C=O) groups excluding carboxylic acids is 1. The van der Waals surface area contributed by atoms with Crippen molar-refractivity contribution in [3.63, 3.8) is 0 Å². The van der Waals surface area contributed by atoms with Crippen molar-refractivity contribution in [2.45, 2.75) is 49.5 Å². The number of hydrogen-bond acceptors (Lipinski definition) is 7. The minimum Gasteiger partial charge on any atom is -0.490 e. The van der Waals surface area contributed by atoms with E-state index in [0.29, 0.717) is 36.2 Å². The zero-order chi connectivity index (χ0) is 30.5. The number of ether oxygens (including phenoxy) is 2. The molecule has 1 spiro atoms. The number of allylic oxidation sites excluding steroid dienone is 1. The molecule has 4 rings (SSSR count). The Morgan fingerprint density at radius 1 is 1.24 bits per heavy atom. The van der Waals surface area contributed by atoms with Crippen LogP contribution in [0.2, 0.25) is 5.02 Å². The van der Waals surface area contributed by atoms with Gasteiger partial charge in [0.15, 0.2) is 0 Å². The molecule has 10 heteroatoms. The molecule has 42 heavy (non-hydrogen) atoms. The number of anilines is 1. The molecular formula is C32H41ClN2O6S. The fourth-order valence-electron chi connectivity index (χ4n) is 6.10. The molecule has 0 bridgehead atoms. The first-order chi connectivity index (χ1) is 20.0. The monoisotopic (exact) mass is 616 g/mol. The van der Waals surface area contributed by atoms with Gasteiger partial charge in [-0.15, -0.1) is 13.2 Å². The van der Waals surface area contributed by atoms with E-state index in [1.54, 1.807) is 18.2 Å². The van der Waals surface area contributed by atoms with Crippen molar-refractivity contribution in [3.05, 3.63) is 83.4 Å². The maximum Gasteiger partial charge on any atom is 0.343 e. The van der Waals surface area contributed by atoms with Gasteiger partial charge in [-0.25, -0.2) is 17.5 Å². The fourth-order valence-corrected chi connectivity index (χ4v) is 7.66. The highest BCUT2D eigenvalue weighted by molar-refractivity contribution is 7.89. The predicted molar refractivity (Wildman–Crippen MR) is 167 cm³/mol. The van der Waals surface area contributed by atoms with E-state index in [1.807, 2.05) is 18.2 Å². The van der Waals surface area contributed by atoms with Crippen LogP contribution in [-0.2, 0) is 37.0 Å². The van der Waals surface area contributed by atoms with Crippen molar-refractivity contribution in [2.75, 3.05) is 51.1 Å². The predicted octanol–water partition coefficient (Wildman–Crippen LogP) is 4.98. The van der Waals surface area contributed by atoms with Gasteiger partial charge < -0.3 is 19.5 Å². The normalized spacial score (nSPS) is 19.7. The van der Waals surface area contributed by atoms with Gasteiger partial charge in [0, 0.05) is 37.1 Å². The Morgan fingerprint density at radius 2 is 2.02 bits per heavy atom. The van der Waals surface area contributed by atoms with E-state index in [-0.39, 0.29) is 17.5 Å². The highest BCUT2D eigenvalue weighted by Gasteiger charge is 2.46. The van der Waals surface area contributed by atoms with E-state index in [9.17, 15) is 18.3 Å². The number of hydrogen-bond donors (Lipinski definition) is 1. The lowest BCUT2D eigenvalue weighted by Crippen LogP contribution is -2.47. The smallest absolute Gasteiger partial charge is 0.343 e. The summed E-state index contributed by atoms with van der Waals surface area (Å²) in [4.78, 5) is 15.3. The number of aryl methyl sites for hydroxylation is 1. The highest BCUT2D eigenvalue weighted by atomic mass is 35.5. The first-order valence-electron chi connectivity index (χ1n) is 14.3. The zero-order valence-electron chi connectivity index (χ0n) is 24.5. The summed E-state index contributed by atoms with van der Waals surface area (Å²) in [5.41, 5.74) is 0.545. The number of nitrogens with zero attached hydrogens (tertiary/aromatic N) is 2. The van der Waals surface area contributed by atoms with E-state index in [0.717, 1.165) is 49.9 Å². The summed E-state index contributed by atoms with van der Waals surface area (Å²) in [6, 6.07) is 11.0. The Labute approximate surface area is 254 Å². The number of esters is 1. The topological polar surface area (TPSA) is 96.4 Å². The van der Waals surface area contributed by atoms with Crippen molar-refractivity contribution >= 4 is 33.3 Å². The van der Waals surface area contributed by atoms with Crippen LogP contribution in [-0.4, -0.2) is 70.0 Å². The van der Waals surface area contributed by atoms with Crippen LogP contribution < -0.4 is 9.64 Å². The average molecular weight is 617 g/mol. The third-order valence-corrected chi connectivity index (χ3v) is 10.5. The molecule has 0 amide bonds. The van der Waals surface area contributed by atoms with E-state index < -0.39 is 27.3 Å².